The second-order valence-corrected chi connectivity index (χ2v) is 9.98. The van der Waals surface area contributed by atoms with Crippen molar-refractivity contribution in [1.29, 1.82) is 0 Å². The topological polar surface area (TPSA) is 140 Å². The molecule has 4 rings (SSSR count). The number of carboxylic acid groups (broad SMARTS) is 1. The Hall–Kier alpha value is -4.28. The number of aliphatic carboxylic acids is 1. The molecule has 2 aromatic rings. The lowest BCUT2D eigenvalue weighted by Gasteiger charge is -2.31. The summed E-state index contributed by atoms with van der Waals surface area (Å²) in [5, 5.41) is 17.7. The van der Waals surface area contributed by atoms with Crippen LogP contribution in [0.2, 0.25) is 0 Å². The lowest BCUT2D eigenvalue weighted by Crippen LogP contribution is -2.49. The number of hydrogen-bond donors (Lipinski definition) is 4. The first-order valence-corrected chi connectivity index (χ1v) is 13.1. The Morgan fingerprint density at radius 1 is 0.949 bits per heavy atom. The number of anilines is 2. The van der Waals surface area contributed by atoms with E-state index in [9.17, 15) is 19.2 Å². The van der Waals surface area contributed by atoms with Crippen LogP contribution in [0.4, 0.5) is 21.0 Å². The molecular weight excluding hydrogens is 502 g/mol. The number of rotatable bonds is 7. The molecule has 0 bridgehead atoms. The lowest BCUT2D eigenvalue weighted by atomic mass is 9.97. The summed E-state index contributed by atoms with van der Waals surface area (Å²) in [5.74, 6) is -0.826. The number of urea groups is 2. The van der Waals surface area contributed by atoms with Gasteiger partial charge in [-0.3, -0.25) is 9.59 Å². The van der Waals surface area contributed by atoms with Gasteiger partial charge in [-0.25, -0.2) is 9.59 Å². The molecule has 0 aromatic heterocycles. The molecule has 4 N–H and O–H groups in total. The number of ether oxygens (including phenoxy) is 1. The highest BCUT2D eigenvalue weighted by molar-refractivity contribution is 6.01. The molecule has 2 saturated heterocycles. The molecule has 0 spiro atoms. The van der Waals surface area contributed by atoms with E-state index in [4.69, 9.17) is 9.84 Å². The second kappa shape index (κ2) is 12.5. The van der Waals surface area contributed by atoms with Crippen molar-refractivity contribution in [1.82, 2.24) is 15.1 Å². The van der Waals surface area contributed by atoms with Gasteiger partial charge in [0, 0.05) is 37.9 Å². The third-order valence-electron chi connectivity index (χ3n) is 7.26. The van der Waals surface area contributed by atoms with Gasteiger partial charge < -0.3 is 35.6 Å². The molecule has 2 aromatic carbocycles. The van der Waals surface area contributed by atoms with Crippen LogP contribution in [-0.2, 0) is 16.0 Å². The smallest absolute Gasteiger partial charge is 0.323 e. The summed E-state index contributed by atoms with van der Waals surface area (Å²) in [6, 6.07) is 11.9. The van der Waals surface area contributed by atoms with Crippen LogP contribution in [0.5, 0.6) is 5.75 Å². The van der Waals surface area contributed by atoms with Crippen molar-refractivity contribution in [3.05, 3.63) is 53.6 Å². The molecule has 208 valence electrons. The summed E-state index contributed by atoms with van der Waals surface area (Å²) in [6.07, 6.45) is 1.72. The van der Waals surface area contributed by atoms with Crippen molar-refractivity contribution in [2.45, 2.75) is 38.6 Å². The maximum absolute atomic E-state index is 13.0. The maximum atomic E-state index is 13.0. The Morgan fingerprint density at radius 3 is 2.33 bits per heavy atom. The molecule has 2 aliphatic heterocycles. The zero-order valence-electron chi connectivity index (χ0n) is 22.2. The number of methoxy groups -OCH3 is 1. The normalized spacial score (nSPS) is 17.4. The molecule has 39 heavy (non-hydrogen) atoms. The third kappa shape index (κ3) is 7.18. The van der Waals surface area contributed by atoms with E-state index in [1.54, 1.807) is 28.0 Å². The van der Waals surface area contributed by atoms with Gasteiger partial charge in [-0.1, -0.05) is 24.3 Å². The van der Waals surface area contributed by atoms with Gasteiger partial charge in [0.25, 0.3) is 0 Å². The van der Waals surface area contributed by atoms with Crippen LogP contribution in [-0.4, -0.2) is 78.2 Å². The number of carbonyl (C=O) groups excluding carboxylic acids is 3. The zero-order chi connectivity index (χ0) is 27.9. The quantitative estimate of drug-likeness (QED) is 0.427. The van der Waals surface area contributed by atoms with Crippen molar-refractivity contribution < 1.29 is 29.0 Å². The van der Waals surface area contributed by atoms with Crippen LogP contribution >= 0.6 is 0 Å². The third-order valence-corrected chi connectivity index (χ3v) is 7.26. The number of benzene rings is 2. The minimum atomic E-state index is -0.813. The van der Waals surface area contributed by atoms with E-state index in [0.717, 1.165) is 11.1 Å². The van der Waals surface area contributed by atoms with Gasteiger partial charge in [0.15, 0.2) is 0 Å². The number of carboxylic acids is 1. The van der Waals surface area contributed by atoms with Gasteiger partial charge in [-0.05, 0) is 55.5 Å². The fourth-order valence-electron chi connectivity index (χ4n) is 4.92. The second-order valence-electron chi connectivity index (χ2n) is 9.98. The average Bonchev–Trinajstić information content (AvgIpc) is 3.39. The number of para-hydroxylation sites is 1. The van der Waals surface area contributed by atoms with E-state index in [1.807, 2.05) is 31.2 Å². The van der Waals surface area contributed by atoms with Crippen LogP contribution in [0.1, 0.15) is 30.4 Å². The minimum absolute atomic E-state index is 0.0610. The highest BCUT2D eigenvalue weighted by atomic mass is 16.5. The lowest BCUT2D eigenvalue weighted by molar-refractivity contribution is -0.143. The van der Waals surface area contributed by atoms with Gasteiger partial charge in [0.1, 0.15) is 5.75 Å². The molecule has 2 aliphatic rings. The number of amides is 5. The molecule has 2 heterocycles. The van der Waals surface area contributed by atoms with Crippen molar-refractivity contribution in [3.8, 4) is 5.75 Å². The molecule has 11 heteroatoms. The standard InChI is InChI=1S/C28H35N5O6/c1-18-5-3-4-6-22(18)30-27(37)31-23-8-7-19(15-24(23)39-2)16-25(34)33-14-11-21(17-33)29-28(38)32-12-9-20(10-13-32)26(35)36/h3-8,15,20-21H,9-14,16-17H2,1-2H3,(H,29,38)(H,35,36)(H2,30,31,37). The molecule has 0 saturated carbocycles. The van der Waals surface area contributed by atoms with E-state index in [0.29, 0.717) is 62.6 Å². The summed E-state index contributed by atoms with van der Waals surface area (Å²) in [4.78, 5) is 52.6. The summed E-state index contributed by atoms with van der Waals surface area (Å²) in [7, 11) is 1.50. The van der Waals surface area contributed by atoms with E-state index < -0.39 is 17.9 Å². The highest BCUT2D eigenvalue weighted by Gasteiger charge is 2.31. The van der Waals surface area contributed by atoms with E-state index >= 15 is 0 Å². The minimum Gasteiger partial charge on any atom is -0.495 e. The SMILES string of the molecule is COc1cc(CC(=O)N2CCC(NC(=O)N3CCC(C(=O)O)CC3)C2)ccc1NC(=O)Nc1ccccc1C. The van der Waals surface area contributed by atoms with Crippen molar-refractivity contribution in [2.75, 3.05) is 43.9 Å². The Balaban J connectivity index is 1.27. The highest BCUT2D eigenvalue weighted by Crippen LogP contribution is 2.27. The predicted molar refractivity (Wildman–Crippen MR) is 146 cm³/mol. The van der Waals surface area contributed by atoms with Crippen LogP contribution in [0.3, 0.4) is 0 Å². The van der Waals surface area contributed by atoms with Crippen molar-refractivity contribution in [2.24, 2.45) is 5.92 Å². The molecule has 1 atom stereocenters. The Kier molecular flexibility index (Phi) is 8.90. The fraction of sp³-hybridized carbons (Fsp3) is 0.429. The molecule has 2 fully saturated rings. The average molecular weight is 538 g/mol. The molecule has 0 aliphatic carbocycles. The summed E-state index contributed by atoms with van der Waals surface area (Å²) in [6.45, 7) is 3.70. The molecule has 11 nitrogen and oxygen atoms in total. The van der Waals surface area contributed by atoms with E-state index in [2.05, 4.69) is 16.0 Å². The molecular formula is C28H35N5O6. The predicted octanol–water partition coefficient (Wildman–Crippen LogP) is 3.30. The Bertz CT molecular complexity index is 1230. The zero-order valence-corrected chi connectivity index (χ0v) is 22.2. The van der Waals surface area contributed by atoms with E-state index in [-0.39, 0.29) is 24.4 Å². The molecule has 5 amide bonds. The first-order valence-electron chi connectivity index (χ1n) is 13.1. The van der Waals surface area contributed by atoms with Crippen LogP contribution in [0, 0.1) is 12.8 Å². The molecule has 0 radical (unpaired) electrons. The number of piperidine rings is 1. The number of aryl methyl sites for hydroxylation is 1. The van der Waals surface area contributed by atoms with Gasteiger partial charge in [-0.15, -0.1) is 0 Å². The van der Waals surface area contributed by atoms with Crippen LogP contribution in [0.15, 0.2) is 42.5 Å². The van der Waals surface area contributed by atoms with Gasteiger partial charge >= 0.3 is 18.0 Å². The number of nitrogens with zero attached hydrogens (tertiary/aromatic N) is 2. The number of nitrogens with one attached hydrogen (secondary N) is 3. The summed E-state index contributed by atoms with van der Waals surface area (Å²) < 4.78 is 5.45. The van der Waals surface area contributed by atoms with Gasteiger partial charge in [0.2, 0.25) is 5.91 Å². The van der Waals surface area contributed by atoms with Gasteiger partial charge in [0.05, 0.1) is 25.1 Å². The maximum Gasteiger partial charge on any atom is 0.323 e. The van der Waals surface area contributed by atoms with E-state index in [1.165, 1.54) is 7.11 Å². The van der Waals surface area contributed by atoms with Crippen LogP contribution < -0.4 is 20.7 Å². The summed E-state index contributed by atoms with van der Waals surface area (Å²) in [5.41, 5.74) is 2.88. The Morgan fingerprint density at radius 2 is 1.64 bits per heavy atom. The van der Waals surface area contributed by atoms with Crippen LogP contribution in [0.25, 0.3) is 0 Å². The summed E-state index contributed by atoms with van der Waals surface area (Å²) >= 11 is 0. The Labute approximate surface area is 227 Å². The van der Waals surface area contributed by atoms with Crippen molar-refractivity contribution >= 4 is 35.3 Å². The fourth-order valence-corrected chi connectivity index (χ4v) is 4.92. The number of carbonyl (C=O) groups is 4. The molecule has 1 unspecified atom stereocenters. The number of hydrogen-bond acceptors (Lipinski definition) is 5. The first kappa shape index (κ1) is 27.7. The number of likely N-dealkylation sites (tertiary alicyclic amines) is 2. The largest absolute Gasteiger partial charge is 0.495 e. The monoisotopic (exact) mass is 537 g/mol. The first-order chi connectivity index (χ1) is 18.7. The van der Waals surface area contributed by atoms with Crippen molar-refractivity contribution in [3.63, 3.8) is 0 Å². The van der Waals surface area contributed by atoms with Gasteiger partial charge in [-0.2, -0.15) is 0 Å².